The molecule has 0 aromatic heterocycles. The summed E-state index contributed by atoms with van der Waals surface area (Å²) < 4.78 is 19.2. The van der Waals surface area contributed by atoms with E-state index in [9.17, 15) is 9.18 Å². The van der Waals surface area contributed by atoms with Crippen molar-refractivity contribution in [2.45, 2.75) is 45.8 Å². The van der Waals surface area contributed by atoms with Crippen LogP contribution in [-0.4, -0.2) is 18.1 Å². The first-order chi connectivity index (χ1) is 8.97. The highest BCUT2D eigenvalue weighted by atomic mass is 79.9. The number of hydrogen-bond donors (Lipinski definition) is 1. The molecule has 3 nitrogen and oxygen atoms in total. The monoisotopic (exact) mass is 331 g/mol. The molecule has 0 aliphatic heterocycles. The average Bonchev–Trinajstić information content (AvgIpc) is 2.39. The lowest BCUT2D eigenvalue weighted by atomic mass is 10.1. The number of ether oxygens (including phenoxy) is 1. The number of hydrogen-bond acceptors (Lipinski definition) is 2. The molecule has 0 aliphatic rings. The zero-order chi connectivity index (χ0) is 14.4. The number of benzene rings is 1. The minimum atomic E-state index is -0.668. The Kier molecular flexibility index (Phi) is 6.28. The van der Waals surface area contributed by atoms with Gasteiger partial charge in [0.25, 0.3) is 5.91 Å². The lowest BCUT2D eigenvalue weighted by Gasteiger charge is -2.20. The molecule has 5 heteroatoms. The number of rotatable bonds is 6. The van der Waals surface area contributed by atoms with E-state index in [-0.39, 0.29) is 11.9 Å². The van der Waals surface area contributed by atoms with Gasteiger partial charge in [-0.1, -0.05) is 13.8 Å². The number of nitrogens with one attached hydrogen (secondary N) is 1. The molecular formula is C14H19BrFNO2. The smallest absolute Gasteiger partial charge is 0.260 e. The lowest BCUT2D eigenvalue weighted by molar-refractivity contribution is -0.128. The first-order valence-electron chi connectivity index (χ1n) is 6.40. The zero-order valence-corrected chi connectivity index (χ0v) is 13.0. The molecule has 19 heavy (non-hydrogen) atoms. The topological polar surface area (TPSA) is 38.3 Å². The standard InChI is InChI=1S/C14H19BrFNO2/c1-4-11(5-2)17-14(18)9(3)19-13-8-10(16)6-7-12(13)15/h6-9,11H,4-5H2,1-3H3,(H,17,18). The molecule has 0 saturated carbocycles. The molecule has 1 aromatic rings. The van der Waals surface area contributed by atoms with Crippen LogP contribution in [0.2, 0.25) is 0 Å². The second-order valence-electron chi connectivity index (χ2n) is 4.36. The van der Waals surface area contributed by atoms with Crippen molar-refractivity contribution in [2.24, 2.45) is 0 Å². The van der Waals surface area contributed by atoms with E-state index in [0.29, 0.717) is 10.2 Å². The summed E-state index contributed by atoms with van der Waals surface area (Å²) in [7, 11) is 0. The van der Waals surface area contributed by atoms with Gasteiger partial charge in [0.05, 0.1) is 4.47 Å². The van der Waals surface area contributed by atoms with Crippen LogP contribution in [0.15, 0.2) is 22.7 Å². The third-order valence-corrected chi connectivity index (χ3v) is 3.55. The zero-order valence-electron chi connectivity index (χ0n) is 11.4. The van der Waals surface area contributed by atoms with Crippen molar-refractivity contribution >= 4 is 21.8 Å². The van der Waals surface area contributed by atoms with Crippen molar-refractivity contribution in [3.63, 3.8) is 0 Å². The number of carbonyl (C=O) groups excluding carboxylic acids is 1. The Hall–Kier alpha value is -1.10. The molecule has 1 rings (SSSR count). The van der Waals surface area contributed by atoms with Gasteiger partial charge in [-0.25, -0.2) is 4.39 Å². The van der Waals surface area contributed by atoms with Crippen molar-refractivity contribution in [3.05, 3.63) is 28.5 Å². The molecule has 0 bridgehead atoms. The number of halogens is 2. The van der Waals surface area contributed by atoms with E-state index in [4.69, 9.17) is 4.74 Å². The second-order valence-corrected chi connectivity index (χ2v) is 5.21. The van der Waals surface area contributed by atoms with Crippen LogP contribution in [0.4, 0.5) is 4.39 Å². The second kappa shape index (κ2) is 7.48. The van der Waals surface area contributed by atoms with Crippen LogP contribution in [0.1, 0.15) is 33.6 Å². The highest BCUT2D eigenvalue weighted by Crippen LogP contribution is 2.26. The van der Waals surface area contributed by atoms with E-state index in [1.165, 1.54) is 12.1 Å². The van der Waals surface area contributed by atoms with Crippen LogP contribution in [0, 0.1) is 5.82 Å². The van der Waals surface area contributed by atoms with Crippen LogP contribution in [0.25, 0.3) is 0 Å². The summed E-state index contributed by atoms with van der Waals surface area (Å²) in [6.07, 6.45) is 1.08. The van der Waals surface area contributed by atoms with Crippen LogP contribution in [-0.2, 0) is 4.79 Å². The predicted octanol–water partition coefficient (Wildman–Crippen LogP) is 3.66. The first-order valence-corrected chi connectivity index (χ1v) is 7.19. The van der Waals surface area contributed by atoms with E-state index in [1.54, 1.807) is 13.0 Å². The van der Waals surface area contributed by atoms with Crippen molar-refractivity contribution in [3.8, 4) is 5.75 Å². The number of carbonyl (C=O) groups is 1. The fraction of sp³-hybridized carbons (Fsp3) is 0.500. The summed E-state index contributed by atoms with van der Waals surface area (Å²) in [5.41, 5.74) is 0. The molecule has 0 fully saturated rings. The van der Waals surface area contributed by atoms with Crippen molar-refractivity contribution < 1.29 is 13.9 Å². The Morgan fingerprint density at radius 2 is 2.05 bits per heavy atom. The number of amides is 1. The molecule has 1 N–H and O–H groups in total. The summed E-state index contributed by atoms with van der Waals surface area (Å²) in [6.45, 7) is 5.68. The summed E-state index contributed by atoms with van der Waals surface area (Å²) >= 11 is 3.26. The highest BCUT2D eigenvalue weighted by molar-refractivity contribution is 9.10. The van der Waals surface area contributed by atoms with Gasteiger partial charge >= 0.3 is 0 Å². The van der Waals surface area contributed by atoms with E-state index < -0.39 is 11.9 Å². The van der Waals surface area contributed by atoms with Gasteiger partial charge in [-0.3, -0.25) is 4.79 Å². The van der Waals surface area contributed by atoms with Gasteiger partial charge in [-0.2, -0.15) is 0 Å². The summed E-state index contributed by atoms with van der Waals surface area (Å²) in [5, 5.41) is 2.90. The Balaban J connectivity index is 2.65. The minimum absolute atomic E-state index is 0.148. The SMILES string of the molecule is CCC(CC)NC(=O)C(C)Oc1cc(F)ccc1Br. The molecule has 1 amide bonds. The normalized spacial score (nSPS) is 12.3. The fourth-order valence-corrected chi connectivity index (χ4v) is 1.96. The van der Waals surface area contributed by atoms with Gasteiger partial charge in [0.1, 0.15) is 11.6 Å². The van der Waals surface area contributed by atoms with E-state index in [1.807, 2.05) is 13.8 Å². The molecule has 1 atom stereocenters. The largest absolute Gasteiger partial charge is 0.480 e. The first kappa shape index (κ1) is 16.0. The van der Waals surface area contributed by atoms with Crippen LogP contribution >= 0.6 is 15.9 Å². The molecule has 1 aromatic carbocycles. The Labute approximate surface area is 121 Å². The van der Waals surface area contributed by atoms with Gasteiger partial charge in [0, 0.05) is 12.1 Å². The van der Waals surface area contributed by atoms with Gasteiger partial charge in [-0.05, 0) is 47.8 Å². The quantitative estimate of drug-likeness (QED) is 0.863. The van der Waals surface area contributed by atoms with Gasteiger partial charge < -0.3 is 10.1 Å². The fourth-order valence-electron chi connectivity index (χ4n) is 1.62. The van der Waals surface area contributed by atoms with E-state index >= 15 is 0 Å². The van der Waals surface area contributed by atoms with Crippen molar-refractivity contribution in [1.29, 1.82) is 0 Å². The third kappa shape index (κ3) is 4.82. The summed E-state index contributed by atoms with van der Waals surface area (Å²) in [4.78, 5) is 11.9. The van der Waals surface area contributed by atoms with Crippen LogP contribution in [0.3, 0.4) is 0 Å². The molecule has 106 valence electrons. The Bertz CT molecular complexity index is 435. The van der Waals surface area contributed by atoms with Gasteiger partial charge in [-0.15, -0.1) is 0 Å². The summed E-state index contributed by atoms with van der Waals surface area (Å²) in [5.74, 6) is -0.261. The maximum atomic E-state index is 13.1. The molecule has 0 heterocycles. The molecular weight excluding hydrogens is 313 g/mol. The summed E-state index contributed by atoms with van der Waals surface area (Å²) in [6, 6.07) is 4.28. The minimum Gasteiger partial charge on any atom is -0.480 e. The molecule has 0 saturated heterocycles. The molecule has 1 unspecified atom stereocenters. The predicted molar refractivity (Wildman–Crippen MR) is 76.7 cm³/mol. The van der Waals surface area contributed by atoms with E-state index in [0.717, 1.165) is 12.8 Å². The maximum Gasteiger partial charge on any atom is 0.260 e. The van der Waals surface area contributed by atoms with Crippen LogP contribution in [0.5, 0.6) is 5.75 Å². The average molecular weight is 332 g/mol. The molecule has 0 spiro atoms. The molecule has 0 aliphatic carbocycles. The van der Waals surface area contributed by atoms with Gasteiger partial charge in [0.2, 0.25) is 0 Å². The van der Waals surface area contributed by atoms with E-state index in [2.05, 4.69) is 21.2 Å². The molecule has 0 radical (unpaired) electrons. The Morgan fingerprint density at radius 3 is 2.63 bits per heavy atom. The van der Waals surface area contributed by atoms with Gasteiger partial charge in [0.15, 0.2) is 6.10 Å². The Morgan fingerprint density at radius 1 is 1.42 bits per heavy atom. The van der Waals surface area contributed by atoms with Crippen LogP contribution < -0.4 is 10.1 Å². The third-order valence-electron chi connectivity index (χ3n) is 2.90. The highest BCUT2D eigenvalue weighted by Gasteiger charge is 2.18. The van der Waals surface area contributed by atoms with Crippen molar-refractivity contribution in [1.82, 2.24) is 5.32 Å². The maximum absolute atomic E-state index is 13.1. The van der Waals surface area contributed by atoms with Crippen molar-refractivity contribution in [2.75, 3.05) is 0 Å². The lowest BCUT2D eigenvalue weighted by Crippen LogP contribution is -2.42.